The normalized spacial score (nSPS) is 23.4. The van der Waals surface area contributed by atoms with Crippen molar-refractivity contribution in [3.05, 3.63) is 34.4 Å². The second-order valence-corrected chi connectivity index (χ2v) is 6.56. The summed E-state index contributed by atoms with van der Waals surface area (Å²) in [5.41, 5.74) is 0.914. The fourth-order valence-electron chi connectivity index (χ4n) is 2.76. The molecule has 2 atom stereocenters. The second kappa shape index (κ2) is 7.85. The second-order valence-electron chi connectivity index (χ2n) is 5.48. The van der Waals surface area contributed by atoms with E-state index < -0.39 is 4.92 Å². The van der Waals surface area contributed by atoms with E-state index in [9.17, 15) is 14.9 Å². The van der Waals surface area contributed by atoms with Crippen molar-refractivity contribution >= 4 is 41.5 Å². The molecule has 126 valence electrons. The third-order valence-electron chi connectivity index (χ3n) is 3.94. The van der Waals surface area contributed by atoms with Gasteiger partial charge >= 0.3 is 0 Å². The summed E-state index contributed by atoms with van der Waals surface area (Å²) in [6.45, 7) is 1.55. The molecule has 2 aliphatic heterocycles. The maximum atomic E-state index is 12.3. The molecule has 2 aliphatic rings. The Morgan fingerprint density at radius 2 is 2.13 bits per heavy atom. The highest BCUT2D eigenvalue weighted by molar-refractivity contribution is 7.99. The number of anilines is 1. The Balaban J connectivity index is 0.00000192. The van der Waals surface area contributed by atoms with Gasteiger partial charge < -0.3 is 15.5 Å². The van der Waals surface area contributed by atoms with Crippen molar-refractivity contribution in [2.24, 2.45) is 0 Å². The number of carbonyl (C=O) groups is 1. The van der Waals surface area contributed by atoms with E-state index in [1.54, 1.807) is 23.9 Å². The summed E-state index contributed by atoms with van der Waals surface area (Å²) < 4.78 is 0. The fraction of sp³-hybridized carbons (Fsp3) is 0.500. The van der Waals surface area contributed by atoms with Crippen LogP contribution < -0.4 is 10.6 Å². The monoisotopic (exact) mass is 358 g/mol. The van der Waals surface area contributed by atoms with Crippen LogP contribution in [0.25, 0.3) is 0 Å². The zero-order valence-corrected chi connectivity index (χ0v) is 14.1. The van der Waals surface area contributed by atoms with Crippen LogP contribution in [0.1, 0.15) is 6.42 Å². The Labute approximate surface area is 144 Å². The molecule has 0 unspecified atom stereocenters. The van der Waals surface area contributed by atoms with Gasteiger partial charge in [0.05, 0.1) is 16.8 Å². The van der Waals surface area contributed by atoms with Gasteiger partial charge in [-0.2, -0.15) is 0 Å². The standard InChI is InChI=1S/C14H18N4O3S.ClH/c19-14(17-5-6-22-9-17)13-7-11(8-15-13)16-10-1-3-12(4-2-10)18(20)21;/h1-4,11,13,15-16H,5-9H2;1H/t11-,13-;/m0./s1. The third-order valence-corrected chi connectivity index (χ3v) is 4.91. The number of nitrogens with zero attached hydrogens (tertiary/aromatic N) is 2. The van der Waals surface area contributed by atoms with E-state index >= 15 is 0 Å². The Bertz CT molecular complexity index is 566. The molecule has 0 radical (unpaired) electrons. The van der Waals surface area contributed by atoms with E-state index in [4.69, 9.17) is 0 Å². The molecule has 0 aliphatic carbocycles. The fourth-order valence-corrected chi connectivity index (χ4v) is 3.71. The molecule has 0 aromatic heterocycles. The number of benzene rings is 1. The molecule has 1 aromatic rings. The molecule has 2 N–H and O–H groups in total. The molecule has 2 heterocycles. The number of halogens is 1. The van der Waals surface area contributed by atoms with Crippen molar-refractivity contribution in [3.63, 3.8) is 0 Å². The van der Waals surface area contributed by atoms with Crippen LogP contribution in [0.5, 0.6) is 0 Å². The summed E-state index contributed by atoms with van der Waals surface area (Å²) in [5, 5.41) is 17.2. The van der Waals surface area contributed by atoms with Crippen LogP contribution in [0.2, 0.25) is 0 Å². The molecule has 1 aromatic carbocycles. The average molecular weight is 359 g/mol. The minimum absolute atomic E-state index is 0. The molecule has 2 saturated heterocycles. The number of non-ortho nitro benzene ring substituents is 1. The van der Waals surface area contributed by atoms with Gasteiger partial charge in [0.15, 0.2) is 0 Å². The predicted octanol–water partition coefficient (Wildman–Crippen LogP) is 1.69. The Morgan fingerprint density at radius 3 is 2.74 bits per heavy atom. The van der Waals surface area contributed by atoms with Gasteiger partial charge in [0.2, 0.25) is 5.91 Å². The van der Waals surface area contributed by atoms with Crippen LogP contribution in [-0.2, 0) is 4.79 Å². The predicted molar refractivity (Wildman–Crippen MR) is 93.2 cm³/mol. The maximum absolute atomic E-state index is 12.3. The number of thioether (sulfide) groups is 1. The zero-order valence-electron chi connectivity index (χ0n) is 12.4. The van der Waals surface area contributed by atoms with Gasteiger partial charge in [-0.15, -0.1) is 24.2 Å². The number of nitro groups is 1. The molecule has 9 heteroatoms. The summed E-state index contributed by atoms with van der Waals surface area (Å²) in [7, 11) is 0. The van der Waals surface area contributed by atoms with Crippen LogP contribution in [0.4, 0.5) is 11.4 Å². The number of amides is 1. The van der Waals surface area contributed by atoms with Crippen LogP contribution >= 0.6 is 24.2 Å². The first-order chi connectivity index (χ1) is 10.6. The first-order valence-corrected chi connectivity index (χ1v) is 8.40. The molecule has 2 fully saturated rings. The molecule has 0 spiro atoms. The lowest BCUT2D eigenvalue weighted by Crippen LogP contribution is -2.42. The van der Waals surface area contributed by atoms with Crippen molar-refractivity contribution in [2.45, 2.75) is 18.5 Å². The maximum Gasteiger partial charge on any atom is 0.269 e. The van der Waals surface area contributed by atoms with Crippen molar-refractivity contribution in [1.29, 1.82) is 0 Å². The van der Waals surface area contributed by atoms with Crippen LogP contribution in [0, 0.1) is 10.1 Å². The Kier molecular flexibility index (Phi) is 6.09. The molecular weight excluding hydrogens is 340 g/mol. The molecule has 23 heavy (non-hydrogen) atoms. The molecule has 7 nitrogen and oxygen atoms in total. The van der Waals surface area contributed by atoms with E-state index in [0.29, 0.717) is 6.54 Å². The topological polar surface area (TPSA) is 87.5 Å². The Hall–Kier alpha value is -1.51. The van der Waals surface area contributed by atoms with E-state index in [2.05, 4.69) is 10.6 Å². The molecule has 3 rings (SSSR count). The zero-order chi connectivity index (χ0) is 15.5. The molecule has 0 bridgehead atoms. The SMILES string of the molecule is Cl.O=C([C@@H]1C[C@H](Nc2ccc([N+](=O)[O-])cc2)CN1)N1CCSC1. The first kappa shape index (κ1) is 17.8. The third kappa shape index (κ3) is 4.27. The minimum atomic E-state index is -0.413. The van der Waals surface area contributed by atoms with Gasteiger partial charge in [0.1, 0.15) is 0 Å². The number of carbonyl (C=O) groups excluding carboxylic acids is 1. The highest BCUT2D eigenvalue weighted by Crippen LogP contribution is 2.21. The van der Waals surface area contributed by atoms with Crippen LogP contribution in [-0.4, -0.2) is 52.5 Å². The summed E-state index contributed by atoms with van der Waals surface area (Å²) in [5.74, 6) is 1.98. The highest BCUT2D eigenvalue weighted by Gasteiger charge is 2.33. The van der Waals surface area contributed by atoms with Gasteiger partial charge in [-0.25, -0.2) is 0 Å². The van der Waals surface area contributed by atoms with Crippen molar-refractivity contribution < 1.29 is 9.72 Å². The smallest absolute Gasteiger partial charge is 0.269 e. The van der Waals surface area contributed by atoms with Crippen molar-refractivity contribution in [3.8, 4) is 0 Å². The number of hydrogen-bond donors (Lipinski definition) is 2. The lowest BCUT2D eigenvalue weighted by Gasteiger charge is -2.19. The van der Waals surface area contributed by atoms with Crippen molar-refractivity contribution in [1.82, 2.24) is 10.2 Å². The van der Waals surface area contributed by atoms with Crippen molar-refractivity contribution in [2.75, 3.05) is 30.0 Å². The average Bonchev–Trinajstić information content (AvgIpc) is 3.19. The minimum Gasteiger partial charge on any atom is -0.381 e. The van der Waals surface area contributed by atoms with E-state index in [-0.39, 0.29) is 36.1 Å². The van der Waals surface area contributed by atoms with E-state index in [1.165, 1.54) is 12.1 Å². The van der Waals surface area contributed by atoms with Gasteiger partial charge in [0, 0.05) is 42.7 Å². The largest absolute Gasteiger partial charge is 0.381 e. The summed E-state index contributed by atoms with van der Waals surface area (Å²) >= 11 is 1.78. The van der Waals surface area contributed by atoms with Gasteiger partial charge in [-0.1, -0.05) is 0 Å². The van der Waals surface area contributed by atoms with E-state index in [0.717, 1.165) is 30.3 Å². The molecular formula is C14H19ClN4O3S. The Morgan fingerprint density at radius 1 is 1.39 bits per heavy atom. The lowest BCUT2D eigenvalue weighted by molar-refractivity contribution is -0.384. The van der Waals surface area contributed by atoms with Crippen LogP contribution in [0.15, 0.2) is 24.3 Å². The number of rotatable bonds is 4. The lowest BCUT2D eigenvalue weighted by atomic mass is 10.1. The number of nitro benzene ring substituents is 1. The first-order valence-electron chi connectivity index (χ1n) is 7.24. The number of hydrogen-bond acceptors (Lipinski definition) is 6. The van der Waals surface area contributed by atoms with Gasteiger partial charge in [-0.05, 0) is 18.6 Å². The summed E-state index contributed by atoms with van der Waals surface area (Å²) in [6, 6.07) is 6.39. The quantitative estimate of drug-likeness (QED) is 0.629. The number of nitrogens with one attached hydrogen (secondary N) is 2. The van der Waals surface area contributed by atoms with E-state index in [1.807, 2.05) is 4.90 Å². The summed E-state index contributed by atoms with van der Waals surface area (Å²) in [4.78, 5) is 24.4. The van der Waals surface area contributed by atoms with Gasteiger partial charge in [0.25, 0.3) is 5.69 Å². The van der Waals surface area contributed by atoms with Crippen LogP contribution in [0.3, 0.4) is 0 Å². The van der Waals surface area contributed by atoms with Gasteiger partial charge in [-0.3, -0.25) is 14.9 Å². The summed E-state index contributed by atoms with van der Waals surface area (Å²) in [6.07, 6.45) is 0.733. The molecule has 1 amide bonds. The highest BCUT2D eigenvalue weighted by atomic mass is 35.5. The molecule has 0 saturated carbocycles.